The molecule has 4 rings (SSSR count). The Morgan fingerprint density at radius 2 is 1.57 bits per heavy atom. The summed E-state index contributed by atoms with van der Waals surface area (Å²) in [5.74, 6) is -0.837. The summed E-state index contributed by atoms with van der Waals surface area (Å²) in [6, 6.07) is 27.0. The van der Waals surface area contributed by atoms with Gasteiger partial charge in [-0.3, -0.25) is 14.4 Å². The zero-order valence-corrected chi connectivity index (χ0v) is 21.2. The molecule has 7 nitrogen and oxygen atoms in total. The first-order valence-electron chi connectivity index (χ1n) is 12.4. The number of likely N-dealkylation sites (N-methyl/N-ethyl adjacent to an activating group) is 1. The Kier molecular flexibility index (Phi) is 8.46. The highest BCUT2D eigenvalue weighted by atomic mass is 16.5. The molecular formula is C30H31N3O4. The van der Waals surface area contributed by atoms with Crippen molar-refractivity contribution in [2.45, 2.75) is 38.8 Å². The maximum absolute atomic E-state index is 13.3. The average Bonchev–Trinajstić information content (AvgIpc) is 2.94. The van der Waals surface area contributed by atoms with Crippen LogP contribution in [0.2, 0.25) is 0 Å². The summed E-state index contributed by atoms with van der Waals surface area (Å²) in [6.45, 7) is 2.08. The van der Waals surface area contributed by atoms with Crippen molar-refractivity contribution in [3.8, 4) is 0 Å². The van der Waals surface area contributed by atoms with Gasteiger partial charge in [0.15, 0.2) is 6.61 Å². The Balaban J connectivity index is 1.38. The van der Waals surface area contributed by atoms with E-state index < -0.39 is 5.97 Å². The van der Waals surface area contributed by atoms with Crippen LogP contribution in [0.15, 0.2) is 89.7 Å². The van der Waals surface area contributed by atoms with Gasteiger partial charge in [0, 0.05) is 20.0 Å². The van der Waals surface area contributed by atoms with Crippen LogP contribution in [0.3, 0.4) is 0 Å². The van der Waals surface area contributed by atoms with Gasteiger partial charge in [-0.25, -0.2) is 4.98 Å². The molecule has 0 saturated carbocycles. The van der Waals surface area contributed by atoms with Crippen LogP contribution in [0.25, 0.3) is 11.0 Å². The number of rotatable bonds is 10. The molecule has 0 saturated heterocycles. The number of aromatic nitrogens is 2. The smallest absolute Gasteiger partial charge is 0.306 e. The molecule has 0 bridgehead atoms. The van der Waals surface area contributed by atoms with Crippen LogP contribution in [-0.2, 0) is 33.7 Å². The molecule has 190 valence electrons. The van der Waals surface area contributed by atoms with Crippen molar-refractivity contribution in [2.24, 2.45) is 0 Å². The lowest BCUT2D eigenvalue weighted by atomic mass is 10.1. The molecule has 7 heteroatoms. The van der Waals surface area contributed by atoms with E-state index in [1.54, 1.807) is 16.5 Å². The van der Waals surface area contributed by atoms with Crippen LogP contribution in [-0.4, -0.2) is 40.0 Å². The first kappa shape index (κ1) is 25.8. The fraction of sp³-hybridized carbons (Fsp3) is 0.267. The molecule has 0 aliphatic heterocycles. The lowest BCUT2D eigenvalue weighted by molar-refractivity contribution is -0.152. The number of carbonyl (C=O) groups is 2. The second-order valence-electron chi connectivity index (χ2n) is 8.99. The SMILES string of the molecule is CC(c1ccccc1)N(C)C(=O)COC(=O)CCc1nc2ccccc2n(CCc2ccccc2)c1=O. The lowest BCUT2D eigenvalue weighted by Crippen LogP contribution is -2.33. The first-order chi connectivity index (χ1) is 17.9. The standard InChI is InChI=1S/C30H31N3O4/c1-22(24-13-7-4-8-14-24)32(2)28(34)21-37-29(35)18-17-26-30(36)33(20-19-23-11-5-3-6-12-23)27-16-10-9-15-25(27)31-26/h3-16,22H,17-21H2,1-2H3. The van der Waals surface area contributed by atoms with Crippen LogP contribution >= 0.6 is 0 Å². The fourth-order valence-electron chi connectivity index (χ4n) is 4.22. The number of hydrogen-bond donors (Lipinski definition) is 0. The van der Waals surface area contributed by atoms with Crippen molar-refractivity contribution in [2.75, 3.05) is 13.7 Å². The van der Waals surface area contributed by atoms with Gasteiger partial charge in [-0.2, -0.15) is 0 Å². The van der Waals surface area contributed by atoms with Gasteiger partial charge in [0.25, 0.3) is 11.5 Å². The molecule has 1 amide bonds. The van der Waals surface area contributed by atoms with Gasteiger partial charge in [-0.15, -0.1) is 0 Å². The third kappa shape index (κ3) is 6.50. The molecular weight excluding hydrogens is 466 g/mol. The van der Waals surface area contributed by atoms with Crippen molar-refractivity contribution in [3.05, 3.63) is 112 Å². The van der Waals surface area contributed by atoms with Gasteiger partial charge in [0.05, 0.1) is 23.5 Å². The van der Waals surface area contributed by atoms with Gasteiger partial charge in [-0.1, -0.05) is 72.8 Å². The van der Waals surface area contributed by atoms with Gasteiger partial charge < -0.3 is 14.2 Å². The first-order valence-corrected chi connectivity index (χ1v) is 12.4. The molecule has 4 aromatic rings. The topological polar surface area (TPSA) is 81.5 Å². The number of ether oxygens (including phenoxy) is 1. The molecule has 1 unspecified atom stereocenters. The zero-order valence-electron chi connectivity index (χ0n) is 21.2. The van der Waals surface area contributed by atoms with Gasteiger partial charge in [-0.05, 0) is 36.6 Å². The molecule has 37 heavy (non-hydrogen) atoms. The minimum Gasteiger partial charge on any atom is -0.456 e. The number of benzene rings is 3. The molecule has 3 aromatic carbocycles. The van der Waals surface area contributed by atoms with E-state index in [0.29, 0.717) is 24.2 Å². The predicted octanol–water partition coefficient (Wildman–Crippen LogP) is 4.33. The summed E-state index contributed by atoms with van der Waals surface area (Å²) in [7, 11) is 1.69. The molecule has 0 aliphatic carbocycles. The van der Waals surface area contributed by atoms with E-state index in [-0.39, 0.29) is 37.0 Å². The van der Waals surface area contributed by atoms with Crippen molar-refractivity contribution in [1.82, 2.24) is 14.5 Å². The van der Waals surface area contributed by atoms with Crippen LogP contribution < -0.4 is 5.56 Å². The molecule has 0 radical (unpaired) electrons. The van der Waals surface area contributed by atoms with E-state index in [0.717, 1.165) is 16.6 Å². The third-order valence-corrected chi connectivity index (χ3v) is 6.57. The summed E-state index contributed by atoms with van der Waals surface area (Å²) >= 11 is 0. The fourth-order valence-corrected chi connectivity index (χ4v) is 4.22. The Bertz CT molecular complexity index is 1420. The van der Waals surface area contributed by atoms with Crippen LogP contribution in [0.1, 0.15) is 36.2 Å². The van der Waals surface area contributed by atoms with E-state index >= 15 is 0 Å². The highest BCUT2D eigenvalue weighted by Gasteiger charge is 2.19. The second-order valence-corrected chi connectivity index (χ2v) is 8.99. The summed E-state index contributed by atoms with van der Waals surface area (Å²) in [6.07, 6.45) is 0.802. The Hall–Kier alpha value is -4.26. The van der Waals surface area contributed by atoms with Crippen molar-refractivity contribution < 1.29 is 14.3 Å². The summed E-state index contributed by atoms with van der Waals surface area (Å²) in [5, 5.41) is 0. The van der Waals surface area contributed by atoms with E-state index in [1.165, 1.54) is 0 Å². The lowest BCUT2D eigenvalue weighted by Gasteiger charge is -2.25. The number of aryl methyl sites for hydroxylation is 3. The molecule has 0 spiro atoms. The van der Waals surface area contributed by atoms with Gasteiger partial charge in [0.1, 0.15) is 5.69 Å². The van der Waals surface area contributed by atoms with Crippen molar-refractivity contribution in [1.29, 1.82) is 0 Å². The maximum atomic E-state index is 13.3. The molecule has 0 N–H and O–H groups in total. The largest absolute Gasteiger partial charge is 0.456 e. The zero-order chi connectivity index (χ0) is 26.2. The highest BCUT2D eigenvalue weighted by molar-refractivity contribution is 5.81. The number of esters is 1. The molecule has 1 heterocycles. The van der Waals surface area contributed by atoms with Gasteiger partial charge >= 0.3 is 5.97 Å². The summed E-state index contributed by atoms with van der Waals surface area (Å²) in [5.41, 5.74) is 3.69. The quantitative estimate of drug-likeness (QED) is 0.305. The van der Waals surface area contributed by atoms with Crippen LogP contribution in [0.5, 0.6) is 0 Å². The second kappa shape index (κ2) is 12.1. The number of hydrogen-bond acceptors (Lipinski definition) is 5. The molecule has 0 aliphatic rings. The molecule has 1 aromatic heterocycles. The number of amides is 1. The summed E-state index contributed by atoms with van der Waals surface area (Å²) < 4.78 is 6.95. The van der Waals surface area contributed by atoms with Crippen LogP contribution in [0.4, 0.5) is 0 Å². The average molecular weight is 498 g/mol. The van der Waals surface area contributed by atoms with Crippen molar-refractivity contribution >= 4 is 22.9 Å². The van der Waals surface area contributed by atoms with E-state index in [1.807, 2.05) is 91.9 Å². The normalized spacial score (nSPS) is 11.7. The number of carbonyl (C=O) groups excluding carboxylic acids is 2. The Morgan fingerprint density at radius 3 is 2.30 bits per heavy atom. The Morgan fingerprint density at radius 1 is 0.919 bits per heavy atom. The highest BCUT2D eigenvalue weighted by Crippen LogP contribution is 2.18. The van der Waals surface area contributed by atoms with E-state index in [2.05, 4.69) is 4.98 Å². The maximum Gasteiger partial charge on any atom is 0.306 e. The Labute approximate surface area is 216 Å². The molecule has 1 atom stereocenters. The summed E-state index contributed by atoms with van der Waals surface area (Å²) in [4.78, 5) is 44.3. The number of para-hydroxylation sites is 2. The third-order valence-electron chi connectivity index (χ3n) is 6.57. The number of nitrogens with zero attached hydrogens (tertiary/aromatic N) is 3. The minimum absolute atomic E-state index is 0.0372. The monoisotopic (exact) mass is 497 g/mol. The van der Waals surface area contributed by atoms with Crippen LogP contribution in [0, 0.1) is 0 Å². The minimum atomic E-state index is -0.542. The van der Waals surface area contributed by atoms with Crippen molar-refractivity contribution in [3.63, 3.8) is 0 Å². The molecule has 0 fully saturated rings. The van der Waals surface area contributed by atoms with Gasteiger partial charge in [0.2, 0.25) is 0 Å². The predicted molar refractivity (Wildman–Crippen MR) is 143 cm³/mol. The number of fused-ring (bicyclic) bond motifs is 1. The van der Waals surface area contributed by atoms with E-state index in [9.17, 15) is 14.4 Å². The van der Waals surface area contributed by atoms with E-state index in [4.69, 9.17) is 4.74 Å².